The Bertz CT molecular complexity index is 944. The summed E-state index contributed by atoms with van der Waals surface area (Å²) in [6.07, 6.45) is 6.95. The smallest absolute Gasteiger partial charge is 0.138 e. The highest BCUT2D eigenvalue weighted by Crippen LogP contribution is 2.32. The molecule has 2 N–H and O–H groups in total. The van der Waals surface area contributed by atoms with E-state index in [2.05, 4.69) is 15.3 Å². The van der Waals surface area contributed by atoms with E-state index < -0.39 is 5.60 Å². The summed E-state index contributed by atoms with van der Waals surface area (Å²) in [7, 11) is 0. The lowest BCUT2D eigenvalue weighted by Gasteiger charge is -2.34. The van der Waals surface area contributed by atoms with Crippen molar-refractivity contribution in [2.75, 3.05) is 5.32 Å². The molecule has 1 unspecified atom stereocenters. The number of nitrogens with zero attached hydrogens (tertiary/aromatic N) is 2. The van der Waals surface area contributed by atoms with Crippen LogP contribution >= 0.6 is 11.6 Å². The van der Waals surface area contributed by atoms with Crippen molar-refractivity contribution >= 4 is 33.9 Å². The molecular formula is C21H22ClN3O2. The topological polar surface area (TPSA) is 67.3 Å². The van der Waals surface area contributed by atoms with Crippen LogP contribution < -0.4 is 10.1 Å². The molecule has 4 rings (SSSR count). The number of benzene rings is 1. The number of hydrogen-bond acceptors (Lipinski definition) is 5. The lowest BCUT2D eigenvalue weighted by molar-refractivity contribution is -0.0232. The summed E-state index contributed by atoms with van der Waals surface area (Å²) >= 11 is 5.84. The number of pyridine rings is 2. The maximum absolute atomic E-state index is 10.3. The largest absolute Gasteiger partial charge is 0.490 e. The average Bonchev–Trinajstić information content (AvgIpc) is 2.63. The van der Waals surface area contributed by atoms with Gasteiger partial charge in [-0.1, -0.05) is 11.6 Å². The third kappa shape index (κ3) is 4.31. The van der Waals surface area contributed by atoms with Crippen LogP contribution in [0, 0.1) is 0 Å². The molecule has 0 spiro atoms. The SMILES string of the molecule is CC1(O)CCC[C@H](Oc2ccc3c(Nc4ccc(Cl)nc4)nccc3c2)C1. The molecule has 2 atom stereocenters. The fraction of sp³-hybridized carbons (Fsp3) is 0.333. The van der Waals surface area contributed by atoms with E-state index in [9.17, 15) is 5.11 Å². The molecule has 1 saturated carbocycles. The molecule has 0 amide bonds. The zero-order valence-electron chi connectivity index (χ0n) is 15.2. The van der Waals surface area contributed by atoms with E-state index in [0.29, 0.717) is 11.6 Å². The summed E-state index contributed by atoms with van der Waals surface area (Å²) < 4.78 is 6.14. The number of anilines is 2. The van der Waals surface area contributed by atoms with Crippen LogP contribution in [0.4, 0.5) is 11.5 Å². The standard InChI is InChI=1S/C21H22ClN3O2/c1-21(26)9-2-3-17(12-21)27-16-5-6-18-14(11-16)8-10-23-20(18)25-15-4-7-19(22)24-13-15/h4-8,10-11,13,17,26H,2-3,9,12H2,1H3,(H,23,25)/t17-,21?/m0/s1. The molecule has 0 radical (unpaired) electrons. The van der Waals surface area contributed by atoms with Crippen LogP contribution in [0.1, 0.15) is 32.6 Å². The second kappa shape index (κ2) is 7.33. The van der Waals surface area contributed by atoms with Gasteiger partial charge >= 0.3 is 0 Å². The van der Waals surface area contributed by atoms with E-state index in [1.807, 2.05) is 37.3 Å². The van der Waals surface area contributed by atoms with Crippen molar-refractivity contribution in [3.05, 3.63) is 53.9 Å². The first-order chi connectivity index (χ1) is 13.0. The predicted octanol–water partition coefficient (Wildman–Crippen LogP) is 5.10. The molecule has 0 aliphatic heterocycles. The monoisotopic (exact) mass is 383 g/mol. The first-order valence-corrected chi connectivity index (χ1v) is 9.53. The van der Waals surface area contributed by atoms with Crippen molar-refractivity contribution in [2.24, 2.45) is 0 Å². The summed E-state index contributed by atoms with van der Waals surface area (Å²) in [4.78, 5) is 8.52. The van der Waals surface area contributed by atoms with Crippen molar-refractivity contribution in [1.82, 2.24) is 9.97 Å². The van der Waals surface area contributed by atoms with Crippen LogP contribution in [0.5, 0.6) is 5.75 Å². The molecule has 0 saturated heterocycles. The Morgan fingerprint density at radius 1 is 1.22 bits per heavy atom. The molecular weight excluding hydrogens is 362 g/mol. The maximum Gasteiger partial charge on any atom is 0.138 e. The normalized spacial score (nSPS) is 22.6. The second-order valence-corrected chi connectivity index (χ2v) is 7.76. The molecule has 3 aromatic rings. The third-order valence-corrected chi connectivity index (χ3v) is 5.16. The number of aliphatic hydroxyl groups is 1. The number of halogens is 1. The van der Waals surface area contributed by atoms with Gasteiger partial charge in [0.2, 0.25) is 0 Å². The Labute approximate surface area is 163 Å². The van der Waals surface area contributed by atoms with Crippen LogP contribution in [-0.2, 0) is 0 Å². The van der Waals surface area contributed by atoms with Crippen molar-refractivity contribution in [3.63, 3.8) is 0 Å². The van der Waals surface area contributed by atoms with E-state index in [1.54, 1.807) is 18.5 Å². The number of ether oxygens (including phenoxy) is 1. The fourth-order valence-corrected chi connectivity index (χ4v) is 3.73. The molecule has 6 heteroatoms. The number of hydrogen-bond donors (Lipinski definition) is 2. The van der Waals surface area contributed by atoms with E-state index >= 15 is 0 Å². The van der Waals surface area contributed by atoms with Gasteiger partial charge in [0, 0.05) is 18.0 Å². The van der Waals surface area contributed by atoms with Crippen LogP contribution in [0.15, 0.2) is 48.8 Å². The first kappa shape index (κ1) is 18.0. The van der Waals surface area contributed by atoms with Gasteiger partial charge in [-0.2, -0.15) is 0 Å². The zero-order chi connectivity index (χ0) is 18.9. The molecule has 140 valence electrons. The molecule has 0 bridgehead atoms. The zero-order valence-corrected chi connectivity index (χ0v) is 15.9. The van der Waals surface area contributed by atoms with Crippen LogP contribution in [0.2, 0.25) is 5.15 Å². The highest BCUT2D eigenvalue weighted by Gasteiger charge is 2.31. The molecule has 1 aromatic carbocycles. The minimum absolute atomic E-state index is 0.0470. The molecule has 1 aliphatic rings. The lowest BCUT2D eigenvalue weighted by atomic mass is 9.84. The van der Waals surface area contributed by atoms with Gasteiger partial charge in [-0.25, -0.2) is 9.97 Å². The number of nitrogens with one attached hydrogen (secondary N) is 1. The highest BCUT2D eigenvalue weighted by molar-refractivity contribution is 6.29. The number of fused-ring (bicyclic) bond motifs is 1. The van der Waals surface area contributed by atoms with Gasteiger partial charge in [0.25, 0.3) is 0 Å². The summed E-state index contributed by atoms with van der Waals surface area (Å²) in [6.45, 7) is 1.89. The summed E-state index contributed by atoms with van der Waals surface area (Å²) in [5.41, 5.74) is 0.192. The first-order valence-electron chi connectivity index (χ1n) is 9.15. The molecule has 27 heavy (non-hydrogen) atoms. The van der Waals surface area contributed by atoms with E-state index in [-0.39, 0.29) is 6.10 Å². The number of aromatic nitrogens is 2. The van der Waals surface area contributed by atoms with E-state index in [0.717, 1.165) is 47.3 Å². The fourth-order valence-electron chi connectivity index (χ4n) is 3.61. The molecule has 5 nitrogen and oxygen atoms in total. The van der Waals surface area contributed by atoms with Crippen molar-refractivity contribution in [3.8, 4) is 5.75 Å². The molecule has 2 heterocycles. The van der Waals surface area contributed by atoms with Crippen molar-refractivity contribution in [2.45, 2.75) is 44.3 Å². The predicted molar refractivity (Wildman–Crippen MR) is 108 cm³/mol. The van der Waals surface area contributed by atoms with Crippen molar-refractivity contribution in [1.29, 1.82) is 0 Å². The molecule has 1 aliphatic carbocycles. The van der Waals surface area contributed by atoms with Gasteiger partial charge in [-0.3, -0.25) is 0 Å². The molecule has 2 aromatic heterocycles. The quantitative estimate of drug-likeness (QED) is 0.613. The van der Waals surface area contributed by atoms with E-state index in [4.69, 9.17) is 16.3 Å². The Morgan fingerprint density at radius 2 is 2.11 bits per heavy atom. The Kier molecular flexibility index (Phi) is 4.89. The summed E-state index contributed by atoms with van der Waals surface area (Å²) in [5.74, 6) is 1.57. The van der Waals surface area contributed by atoms with Crippen LogP contribution in [0.3, 0.4) is 0 Å². The highest BCUT2D eigenvalue weighted by atomic mass is 35.5. The Balaban J connectivity index is 1.55. The lowest BCUT2D eigenvalue weighted by Crippen LogP contribution is -2.37. The third-order valence-electron chi connectivity index (χ3n) is 4.94. The van der Waals surface area contributed by atoms with Gasteiger partial charge < -0.3 is 15.2 Å². The van der Waals surface area contributed by atoms with Gasteiger partial charge in [0.05, 0.1) is 17.5 Å². The van der Waals surface area contributed by atoms with Crippen LogP contribution in [-0.4, -0.2) is 26.8 Å². The number of rotatable bonds is 4. The van der Waals surface area contributed by atoms with Crippen molar-refractivity contribution < 1.29 is 9.84 Å². The molecule has 1 fully saturated rings. The Hall–Kier alpha value is -2.37. The second-order valence-electron chi connectivity index (χ2n) is 7.37. The summed E-state index contributed by atoms with van der Waals surface area (Å²) in [5, 5.41) is 16.0. The minimum atomic E-state index is -0.632. The summed E-state index contributed by atoms with van der Waals surface area (Å²) in [6, 6.07) is 11.5. The Morgan fingerprint density at radius 3 is 2.89 bits per heavy atom. The van der Waals surface area contributed by atoms with E-state index in [1.165, 1.54) is 0 Å². The van der Waals surface area contributed by atoms with Gasteiger partial charge in [0.1, 0.15) is 22.8 Å². The van der Waals surface area contributed by atoms with Gasteiger partial charge in [0.15, 0.2) is 0 Å². The van der Waals surface area contributed by atoms with Gasteiger partial charge in [-0.15, -0.1) is 0 Å². The van der Waals surface area contributed by atoms with Gasteiger partial charge in [-0.05, 0) is 68.0 Å². The average molecular weight is 384 g/mol. The van der Waals surface area contributed by atoms with Crippen LogP contribution in [0.25, 0.3) is 10.8 Å². The minimum Gasteiger partial charge on any atom is -0.490 e. The maximum atomic E-state index is 10.3.